The molecule has 2 rings (SSSR count). The summed E-state index contributed by atoms with van der Waals surface area (Å²) < 4.78 is 62.0. The van der Waals surface area contributed by atoms with Gasteiger partial charge < -0.3 is 0 Å². The van der Waals surface area contributed by atoms with Crippen LogP contribution < -0.4 is 5.14 Å². The van der Waals surface area contributed by atoms with Gasteiger partial charge in [-0.1, -0.05) is 18.2 Å². The Bertz CT molecular complexity index is 757. The minimum absolute atomic E-state index is 0.120. The predicted octanol–water partition coefficient (Wildman–Crippen LogP) is 2.44. The molecule has 1 heterocycles. The first-order valence-electron chi connectivity index (χ1n) is 5.55. The van der Waals surface area contributed by atoms with Crippen LogP contribution in [0.3, 0.4) is 0 Å². The Balaban J connectivity index is 2.85. The molecule has 2 N–H and O–H groups in total. The van der Waals surface area contributed by atoms with E-state index < -0.39 is 27.0 Å². The van der Waals surface area contributed by atoms with E-state index in [0.29, 0.717) is 5.52 Å². The molecule has 1 aromatic carbocycles. The lowest BCUT2D eigenvalue weighted by Crippen LogP contribution is -2.33. The number of halogens is 3. The summed E-state index contributed by atoms with van der Waals surface area (Å²) in [6.45, 7) is 1.49. The van der Waals surface area contributed by atoms with Gasteiger partial charge in [0.25, 0.3) is 0 Å². The smallest absolute Gasteiger partial charge is 0.253 e. The maximum absolute atomic E-state index is 13.1. The molecule has 1 aromatic heterocycles. The normalized spacial score (nSPS) is 14.4. The molecule has 8 heteroatoms. The molecule has 0 saturated heterocycles. The standard InChI is InChI=1S/C12H11F3N2O2S/c1-7-6-9(8-4-2-3-5-10(8)17-7)11(12(13,14)15)20(16,18)19/h2-6,11H,1H3,(H2,16,18,19). The van der Waals surface area contributed by atoms with Crippen LogP contribution in [-0.2, 0) is 10.0 Å². The summed E-state index contributed by atoms with van der Waals surface area (Å²) in [7, 11) is -4.84. The highest BCUT2D eigenvalue weighted by Crippen LogP contribution is 2.40. The van der Waals surface area contributed by atoms with Gasteiger partial charge in [-0.15, -0.1) is 0 Å². The van der Waals surface area contributed by atoms with Crippen molar-refractivity contribution in [3.8, 4) is 0 Å². The van der Waals surface area contributed by atoms with Gasteiger partial charge in [-0.2, -0.15) is 13.2 Å². The number of nitrogens with zero attached hydrogens (tertiary/aromatic N) is 1. The molecule has 0 radical (unpaired) electrons. The Morgan fingerprint density at radius 2 is 1.85 bits per heavy atom. The molecule has 0 fully saturated rings. The minimum atomic E-state index is -5.00. The van der Waals surface area contributed by atoms with E-state index >= 15 is 0 Å². The minimum Gasteiger partial charge on any atom is -0.253 e. The fourth-order valence-corrected chi connectivity index (χ4v) is 3.02. The molecule has 4 nitrogen and oxygen atoms in total. The highest BCUT2D eigenvalue weighted by Gasteiger charge is 2.49. The summed E-state index contributed by atoms with van der Waals surface area (Å²) in [4.78, 5) is 4.08. The lowest BCUT2D eigenvalue weighted by molar-refractivity contribution is -0.131. The number of benzene rings is 1. The maximum Gasteiger partial charge on any atom is 0.410 e. The zero-order chi connectivity index (χ0) is 15.1. The van der Waals surface area contributed by atoms with E-state index in [9.17, 15) is 21.6 Å². The Hall–Kier alpha value is -1.67. The van der Waals surface area contributed by atoms with Gasteiger partial charge in [-0.3, -0.25) is 4.98 Å². The Morgan fingerprint density at radius 3 is 2.40 bits per heavy atom. The zero-order valence-electron chi connectivity index (χ0n) is 10.3. The molecule has 0 amide bonds. The van der Waals surface area contributed by atoms with Gasteiger partial charge in [0.1, 0.15) is 0 Å². The quantitative estimate of drug-likeness (QED) is 0.926. The third-order valence-electron chi connectivity index (χ3n) is 2.78. The van der Waals surface area contributed by atoms with Crippen molar-refractivity contribution < 1.29 is 21.6 Å². The monoisotopic (exact) mass is 304 g/mol. The number of hydrogen-bond donors (Lipinski definition) is 1. The number of hydrogen-bond acceptors (Lipinski definition) is 3. The molecule has 0 spiro atoms. The molecule has 2 aromatic rings. The molecule has 0 saturated carbocycles. The summed E-state index contributed by atoms with van der Waals surface area (Å²) in [6, 6.07) is 7.13. The van der Waals surface area contributed by atoms with Crippen molar-refractivity contribution in [2.45, 2.75) is 18.3 Å². The summed E-state index contributed by atoms with van der Waals surface area (Å²) in [5.74, 6) is 0. The first-order chi connectivity index (χ1) is 9.10. The molecule has 1 unspecified atom stereocenters. The van der Waals surface area contributed by atoms with Crippen LogP contribution in [0, 0.1) is 6.92 Å². The number of sulfonamides is 1. The van der Waals surface area contributed by atoms with Crippen molar-refractivity contribution in [1.82, 2.24) is 4.98 Å². The first kappa shape index (κ1) is 14.7. The highest BCUT2D eigenvalue weighted by atomic mass is 32.2. The van der Waals surface area contributed by atoms with Crippen LogP contribution in [0.5, 0.6) is 0 Å². The van der Waals surface area contributed by atoms with E-state index in [2.05, 4.69) is 4.98 Å². The second-order valence-corrected chi connectivity index (χ2v) is 6.03. The number of nitrogens with two attached hydrogens (primary N) is 1. The molecular weight excluding hydrogens is 293 g/mol. The van der Waals surface area contributed by atoms with E-state index in [0.717, 1.165) is 6.07 Å². The third kappa shape index (κ3) is 2.75. The van der Waals surface area contributed by atoms with Crippen molar-refractivity contribution in [1.29, 1.82) is 0 Å². The number of para-hydroxylation sites is 1. The van der Waals surface area contributed by atoms with Crippen LogP contribution in [0.4, 0.5) is 13.2 Å². The second-order valence-electron chi connectivity index (χ2n) is 4.38. The zero-order valence-corrected chi connectivity index (χ0v) is 11.2. The number of fused-ring (bicyclic) bond motifs is 1. The van der Waals surface area contributed by atoms with Crippen LogP contribution >= 0.6 is 0 Å². The molecular formula is C12H11F3N2O2S. The number of pyridine rings is 1. The Labute approximate surface area is 113 Å². The summed E-state index contributed by atoms with van der Waals surface area (Å²) in [5.41, 5.74) is 0.181. The van der Waals surface area contributed by atoms with E-state index in [1.54, 1.807) is 6.07 Å². The summed E-state index contributed by atoms with van der Waals surface area (Å²) in [5, 5.41) is 2.13. The van der Waals surface area contributed by atoms with Gasteiger partial charge in [-0.25, -0.2) is 13.6 Å². The van der Waals surface area contributed by atoms with E-state index in [-0.39, 0.29) is 11.1 Å². The number of aryl methyl sites for hydroxylation is 1. The number of primary sulfonamides is 1. The first-order valence-corrected chi connectivity index (χ1v) is 7.16. The van der Waals surface area contributed by atoms with Gasteiger partial charge in [0.2, 0.25) is 10.0 Å². The lowest BCUT2D eigenvalue weighted by atomic mass is 10.0. The van der Waals surface area contributed by atoms with Crippen molar-refractivity contribution >= 4 is 20.9 Å². The molecule has 0 aliphatic heterocycles. The molecule has 0 aliphatic rings. The van der Waals surface area contributed by atoms with E-state index in [1.165, 1.54) is 25.1 Å². The SMILES string of the molecule is Cc1cc(C(C(F)(F)F)S(N)(=O)=O)c2ccccc2n1. The molecule has 0 bridgehead atoms. The van der Waals surface area contributed by atoms with Crippen molar-refractivity contribution in [3.63, 3.8) is 0 Å². The van der Waals surface area contributed by atoms with Crippen LogP contribution in [0.25, 0.3) is 10.9 Å². The molecule has 20 heavy (non-hydrogen) atoms. The van der Waals surface area contributed by atoms with Gasteiger partial charge in [-0.05, 0) is 24.6 Å². The van der Waals surface area contributed by atoms with Crippen LogP contribution in [0.1, 0.15) is 16.5 Å². The predicted molar refractivity (Wildman–Crippen MR) is 68.4 cm³/mol. The lowest BCUT2D eigenvalue weighted by Gasteiger charge is -2.20. The molecule has 108 valence electrons. The van der Waals surface area contributed by atoms with Crippen LogP contribution in [0.2, 0.25) is 0 Å². The Kier molecular flexibility index (Phi) is 3.47. The highest BCUT2D eigenvalue weighted by molar-refractivity contribution is 7.89. The van der Waals surface area contributed by atoms with Gasteiger partial charge in [0.15, 0.2) is 5.25 Å². The average molecular weight is 304 g/mol. The topological polar surface area (TPSA) is 73.1 Å². The average Bonchev–Trinajstić information content (AvgIpc) is 2.24. The fraction of sp³-hybridized carbons (Fsp3) is 0.250. The number of rotatable bonds is 2. The summed E-state index contributed by atoms with van der Waals surface area (Å²) in [6.07, 6.45) is -5.00. The fourth-order valence-electron chi connectivity index (χ4n) is 2.10. The molecule has 1 atom stereocenters. The van der Waals surface area contributed by atoms with Crippen molar-refractivity contribution in [3.05, 3.63) is 41.6 Å². The van der Waals surface area contributed by atoms with E-state index in [1.807, 2.05) is 0 Å². The third-order valence-corrected chi connectivity index (χ3v) is 3.96. The van der Waals surface area contributed by atoms with Crippen molar-refractivity contribution in [2.75, 3.05) is 0 Å². The summed E-state index contributed by atoms with van der Waals surface area (Å²) >= 11 is 0. The van der Waals surface area contributed by atoms with Gasteiger partial charge >= 0.3 is 6.18 Å². The second kappa shape index (κ2) is 4.71. The van der Waals surface area contributed by atoms with Crippen LogP contribution in [0.15, 0.2) is 30.3 Å². The Morgan fingerprint density at radius 1 is 1.25 bits per heavy atom. The van der Waals surface area contributed by atoms with Crippen molar-refractivity contribution in [2.24, 2.45) is 5.14 Å². The van der Waals surface area contributed by atoms with Gasteiger partial charge in [0.05, 0.1) is 5.52 Å². The largest absolute Gasteiger partial charge is 0.410 e. The number of aromatic nitrogens is 1. The van der Waals surface area contributed by atoms with E-state index in [4.69, 9.17) is 5.14 Å². The van der Waals surface area contributed by atoms with Gasteiger partial charge in [0, 0.05) is 11.1 Å². The number of alkyl halides is 3. The maximum atomic E-state index is 13.1. The molecule has 0 aliphatic carbocycles. The van der Waals surface area contributed by atoms with Crippen LogP contribution in [-0.4, -0.2) is 19.6 Å².